The van der Waals surface area contributed by atoms with Crippen molar-refractivity contribution < 1.29 is 0 Å². The molecule has 2 heterocycles. The minimum absolute atomic E-state index is 0.455. The topological polar surface area (TPSA) is 52.5 Å². The molecule has 0 saturated carbocycles. The molecule has 3 nitrogen and oxygen atoms in total. The Labute approximate surface area is 105 Å². The van der Waals surface area contributed by atoms with Gasteiger partial charge in [-0.05, 0) is 28.8 Å². The molecule has 0 fully saturated rings. The van der Waals surface area contributed by atoms with Crippen molar-refractivity contribution in [1.29, 1.82) is 5.26 Å². The van der Waals surface area contributed by atoms with E-state index in [2.05, 4.69) is 28.2 Å². The van der Waals surface area contributed by atoms with Crippen LogP contribution in [0, 0.1) is 11.3 Å². The molecule has 0 spiro atoms. The van der Waals surface area contributed by atoms with Gasteiger partial charge in [-0.2, -0.15) is 5.26 Å². The molecule has 2 aromatic heterocycles. The first-order valence-electron chi connectivity index (χ1n) is 5.77. The Morgan fingerprint density at radius 2 is 1.94 bits per heavy atom. The number of benzene rings is 1. The van der Waals surface area contributed by atoms with Crippen LogP contribution in [0.3, 0.4) is 0 Å². The Kier molecular flexibility index (Phi) is 2.54. The number of nitrogens with zero attached hydrogens (tertiary/aromatic N) is 2. The smallest absolute Gasteiger partial charge is 0.137 e. The Morgan fingerprint density at radius 1 is 1.11 bits per heavy atom. The number of aromatic amines is 1. The van der Waals surface area contributed by atoms with E-state index in [0.29, 0.717) is 6.42 Å². The quantitative estimate of drug-likeness (QED) is 0.738. The Bertz CT molecular complexity index is 717. The predicted octanol–water partition coefficient (Wildman–Crippen LogP) is 3.30. The molecule has 3 rings (SSSR count). The lowest BCUT2D eigenvalue weighted by Gasteiger charge is -2.04. The normalized spacial score (nSPS) is 10.4. The highest BCUT2D eigenvalue weighted by molar-refractivity contribution is 5.92. The highest BCUT2D eigenvalue weighted by Gasteiger charge is 2.04. The third-order valence-corrected chi connectivity index (χ3v) is 3.01. The van der Waals surface area contributed by atoms with E-state index in [0.717, 1.165) is 27.7 Å². The van der Waals surface area contributed by atoms with Crippen molar-refractivity contribution in [3.63, 3.8) is 0 Å². The van der Waals surface area contributed by atoms with Crippen LogP contribution in [0.15, 0.2) is 48.8 Å². The van der Waals surface area contributed by atoms with Gasteiger partial charge in [-0.1, -0.05) is 24.3 Å². The fourth-order valence-electron chi connectivity index (χ4n) is 2.11. The molecule has 0 aliphatic rings. The van der Waals surface area contributed by atoms with E-state index in [1.807, 2.05) is 30.5 Å². The first kappa shape index (κ1) is 10.5. The molecule has 0 radical (unpaired) electrons. The van der Waals surface area contributed by atoms with Gasteiger partial charge in [0, 0.05) is 17.8 Å². The van der Waals surface area contributed by atoms with Gasteiger partial charge in [0.1, 0.15) is 5.65 Å². The van der Waals surface area contributed by atoms with E-state index in [4.69, 9.17) is 5.26 Å². The van der Waals surface area contributed by atoms with Gasteiger partial charge < -0.3 is 4.98 Å². The third kappa shape index (κ3) is 1.74. The summed E-state index contributed by atoms with van der Waals surface area (Å²) >= 11 is 0. The number of nitriles is 1. The van der Waals surface area contributed by atoms with Crippen molar-refractivity contribution in [3.05, 3.63) is 54.4 Å². The third-order valence-electron chi connectivity index (χ3n) is 3.01. The summed E-state index contributed by atoms with van der Waals surface area (Å²) in [6.45, 7) is 0. The van der Waals surface area contributed by atoms with Crippen LogP contribution in [-0.2, 0) is 6.42 Å². The van der Waals surface area contributed by atoms with E-state index in [-0.39, 0.29) is 0 Å². The van der Waals surface area contributed by atoms with E-state index in [1.54, 1.807) is 6.20 Å². The van der Waals surface area contributed by atoms with E-state index in [1.165, 1.54) is 0 Å². The van der Waals surface area contributed by atoms with Crippen LogP contribution in [0.5, 0.6) is 0 Å². The monoisotopic (exact) mass is 233 g/mol. The molecule has 0 amide bonds. The highest BCUT2D eigenvalue weighted by atomic mass is 14.8. The van der Waals surface area contributed by atoms with Crippen LogP contribution in [0.2, 0.25) is 0 Å². The van der Waals surface area contributed by atoms with Crippen molar-refractivity contribution in [2.24, 2.45) is 0 Å². The molecular formula is C15H11N3. The van der Waals surface area contributed by atoms with E-state index < -0.39 is 0 Å². The van der Waals surface area contributed by atoms with Crippen LogP contribution in [0.25, 0.3) is 22.2 Å². The molecule has 0 saturated heterocycles. The Hall–Kier alpha value is -2.60. The average molecular weight is 233 g/mol. The maximum absolute atomic E-state index is 8.66. The number of rotatable bonds is 2. The van der Waals surface area contributed by atoms with Crippen LogP contribution in [-0.4, -0.2) is 9.97 Å². The first-order chi connectivity index (χ1) is 8.88. The largest absolute Gasteiger partial charge is 0.346 e. The van der Waals surface area contributed by atoms with Gasteiger partial charge in [0.05, 0.1) is 12.5 Å². The average Bonchev–Trinajstić information content (AvgIpc) is 2.88. The van der Waals surface area contributed by atoms with Crippen LogP contribution < -0.4 is 0 Å². The molecule has 0 unspecified atom stereocenters. The van der Waals surface area contributed by atoms with Crippen molar-refractivity contribution >= 4 is 11.0 Å². The predicted molar refractivity (Wildman–Crippen MR) is 70.8 cm³/mol. The summed E-state index contributed by atoms with van der Waals surface area (Å²) < 4.78 is 0. The van der Waals surface area contributed by atoms with Gasteiger partial charge >= 0.3 is 0 Å². The maximum Gasteiger partial charge on any atom is 0.137 e. The fourth-order valence-corrected chi connectivity index (χ4v) is 2.11. The van der Waals surface area contributed by atoms with Crippen LogP contribution in [0.1, 0.15) is 5.56 Å². The first-order valence-corrected chi connectivity index (χ1v) is 5.77. The van der Waals surface area contributed by atoms with Crippen molar-refractivity contribution in [1.82, 2.24) is 9.97 Å². The summed E-state index contributed by atoms with van der Waals surface area (Å²) in [6.07, 6.45) is 4.15. The second-order valence-electron chi connectivity index (χ2n) is 4.13. The molecular weight excluding hydrogens is 222 g/mol. The van der Waals surface area contributed by atoms with Crippen LogP contribution in [0.4, 0.5) is 0 Å². The number of hydrogen-bond acceptors (Lipinski definition) is 2. The molecule has 1 aromatic carbocycles. The second kappa shape index (κ2) is 4.34. The Morgan fingerprint density at radius 3 is 2.72 bits per heavy atom. The molecule has 18 heavy (non-hydrogen) atoms. The lowest BCUT2D eigenvalue weighted by atomic mass is 10.0. The number of fused-ring (bicyclic) bond motifs is 1. The maximum atomic E-state index is 8.66. The lowest BCUT2D eigenvalue weighted by molar-refractivity contribution is 1.26. The molecule has 0 aliphatic carbocycles. The summed E-state index contributed by atoms with van der Waals surface area (Å²) in [4.78, 5) is 7.38. The zero-order valence-electron chi connectivity index (χ0n) is 9.72. The number of hydrogen-bond donors (Lipinski definition) is 1. The van der Waals surface area contributed by atoms with Crippen molar-refractivity contribution in [3.8, 4) is 17.2 Å². The van der Waals surface area contributed by atoms with Crippen molar-refractivity contribution in [2.45, 2.75) is 6.42 Å². The summed E-state index contributed by atoms with van der Waals surface area (Å²) in [7, 11) is 0. The molecule has 0 aliphatic heterocycles. The Balaban J connectivity index is 2.09. The van der Waals surface area contributed by atoms with Gasteiger partial charge in [0.25, 0.3) is 0 Å². The summed E-state index contributed by atoms with van der Waals surface area (Å²) in [5, 5.41) is 9.77. The number of aromatic nitrogens is 2. The summed E-state index contributed by atoms with van der Waals surface area (Å²) in [5.74, 6) is 0. The number of pyridine rings is 1. The molecule has 0 bridgehead atoms. The van der Waals surface area contributed by atoms with Gasteiger partial charge in [0.15, 0.2) is 0 Å². The zero-order chi connectivity index (χ0) is 12.4. The minimum atomic E-state index is 0.455. The summed E-state index contributed by atoms with van der Waals surface area (Å²) in [6, 6.07) is 14.3. The van der Waals surface area contributed by atoms with E-state index in [9.17, 15) is 0 Å². The second-order valence-corrected chi connectivity index (χ2v) is 4.13. The lowest BCUT2D eigenvalue weighted by Crippen LogP contribution is -1.84. The molecule has 3 aromatic rings. The summed E-state index contributed by atoms with van der Waals surface area (Å²) in [5.41, 5.74) is 4.24. The van der Waals surface area contributed by atoms with Crippen molar-refractivity contribution in [2.75, 3.05) is 0 Å². The standard InChI is InChI=1S/C15H11N3/c16-8-5-11-1-3-12(4-2-11)13-6-9-17-15-14(13)7-10-18-15/h1-4,6-7,9-10H,5H2,(H,17,18). The molecule has 86 valence electrons. The molecule has 1 N–H and O–H groups in total. The minimum Gasteiger partial charge on any atom is -0.346 e. The van der Waals surface area contributed by atoms with E-state index >= 15 is 0 Å². The van der Waals surface area contributed by atoms with Crippen LogP contribution >= 0.6 is 0 Å². The van der Waals surface area contributed by atoms with Gasteiger partial charge in [-0.15, -0.1) is 0 Å². The SMILES string of the molecule is N#CCc1ccc(-c2ccnc3[nH]ccc23)cc1. The van der Waals surface area contributed by atoms with Gasteiger partial charge in [-0.25, -0.2) is 4.98 Å². The molecule has 0 atom stereocenters. The van der Waals surface area contributed by atoms with Gasteiger partial charge in [0.2, 0.25) is 0 Å². The highest BCUT2D eigenvalue weighted by Crippen LogP contribution is 2.26. The number of H-pyrrole nitrogens is 1. The fraction of sp³-hybridized carbons (Fsp3) is 0.0667. The molecule has 3 heteroatoms. The number of nitrogens with one attached hydrogen (secondary N) is 1. The zero-order valence-corrected chi connectivity index (χ0v) is 9.72. The van der Waals surface area contributed by atoms with Gasteiger partial charge in [-0.3, -0.25) is 0 Å².